The highest BCUT2D eigenvalue weighted by atomic mass is 35.5. The van der Waals surface area contributed by atoms with E-state index < -0.39 is 0 Å². The van der Waals surface area contributed by atoms with Crippen molar-refractivity contribution >= 4 is 42.1 Å². The molecule has 0 saturated carbocycles. The largest absolute Gasteiger partial charge is 0.349 e. The predicted octanol–water partition coefficient (Wildman–Crippen LogP) is 3.86. The Balaban J connectivity index is 0.00000156. The summed E-state index contributed by atoms with van der Waals surface area (Å²) in [5, 5.41) is 7.62. The summed E-state index contributed by atoms with van der Waals surface area (Å²) in [6, 6.07) is 8.65. The number of thiazole rings is 1. The zero-order valence-corrected chi connectivity index (χ0v) is 17.0. The van der Waals surface area contributed by atoms with Crippen LogP contribution in [0.2, 0.25) is 0 Å². The molecule has 0 saturated heterocycles. The molecule has 1 aromatic carbocycles. The van der Waals surface area contributed by atoms with Gasteiger partial charge < -0.3 is 10.6 Å². The second kappa shape index (κ2) is 10.1. The van der Waals surface area contributed by atoms with E-state index in [1.165, 1.54) is 22.5 Å². The Kier molecular flexibility index (Phi) is 8.86. The summed E-state index contributed by atoms with van der Waals surface area (Å²) in [4.78, 5) is 17.7. The van der Waals surface area contributed by atoms with Crippen molar-refractivity contribution in [1.82, 2.24) is 15.6 Å². The van der Waals surface area contributed by atoms with E-state index in [-0.39, 0.29) is 36.8 Å². The molecule has 1 amide bonds. The van der Waals surface area contributed by atoms with E-state index in [0.717, 1.165) is 41.4 Å². The van der Waals surface area contributed by atoms with Gasteiger partial charge in [-0.05, 0) is 43.9 Å². The minimum absolute atomic E-state index is 0. The van der Waals surface area contributed by atoms with Crippen molar-refractivity contribution in [2.75, 3.05) is 13.1 Å². The minimum Gasteiger partial charge on any atom is -0.349 e. The molecule has 25 heavy (non-hydrogen) atoms. The third kappa shape index (κ3) is 5.17. The van der Waals surface area contributed by atoms with Gasteiger partial charge in [-0.2, -0.15) is 0 Å². The Morgan fingerprint density at radius 3 is 2.88 bits per heavy atom. The summed E-state index contributed by atoms with van der Waals surface area (Å²) in [6.45, 7) is 5.61. The van der Waals surface area contributed by atoms with Crippen LogP contribution in [0.3, 0.4) is 0 Å². The van der Waals surface area contributed by atoms with Crippen LogP contribution in [0, 0.1) is 6.92 Å². The van der Waals surface area contributed by atoms with Crippen LogP contribution in [0.25, 0.3) is 0 Å². The molecule has 0 aliphatic carbocycles. The van der Waals surface area contributed by atoms with Crippen LogP contribution in [0.15, 0.2) is 24.3 Å². The van der Waals surface area contributed by atoms with Crippen molar-refractivity contribution in [2.45, 2.75) is 39.2 Å². The number of aryl methyl sites for hydroxylation is 2. The maximum atomic E-state index is 12.5. The highest BCUT2D eigenvalue weighted by Gasteiger charge is 2.21. The van der Waals surface area contributed by atoms with E-state index >= 15 is 0 Å². The SMILES string of the molecule is CCCc1nc(C)c(C(=O)NCC2NCCc3ccccc32)s1.Cl.Cl. The summed E-state index contributed by atoms with van der Waals surface area (Å²) in [5.74, 6) is -0.00722. The number of amides is 1. The molecule has 4 nitrogen and oxygen atoms in total. The third-order valence-electron chi connectivity index (χ3n) is 4.19. The second-order valence-electron chi connectivity index (χ2n) is 5.94. The van der Waals surface area contributed by atoms with Gasteiger partial charge >= 0.3 is 0 Å². The number of carbonyl (C=O) groups excluding carboxylic acids is 1. The number of rotatable bonds is 5. The van der Waals surface area contributed by atoms with E-state index in [0.29, 0.717) is 6.54 Å². The average Bonchev–Trinajstić information content (AvgIpc) is 2.93. The molecule has 0 bridgehead atoms. The molecule has 1 aliphatic rings. The first-order valence-electron chi connectivity index (χ1n) is 8.24. The summed E-state index contributed by atoms with van der Waals surface area (Å²) < 4.78 is 0. The fourth-order valence-electron chi connectivity index (χ4n) is 3.03. The van der Waals surface area contributed by atoms with Crippen LogP contribution in [0.4, 0.5) is 0 Å². The Morgan fingerprint density at radius 1 is 1.36 bits per heavy atom. The van der Waals surface area contributed by atoms with E-state index in [1.54, 1.807) is 0 Å². The standard InChI is InChI=1S/C18H23N3OS.2ClH/c1-3-6-16-21-12(2)17(23-16)18(22)20-11-15-14-8-5-4-7-13(14)9-10-19-15;;/h4-5,7-8,15,19H,3,6,9-11H2,1-2H3,(H,20,22);2*1H. The number of hydrogen-bond donors (Lipinski definition) is 2. The molecule has 2 N–H and O–H groups in total. The van der Waals surface area contributed by atoms with Gasteiger partial charge in [0, 0.05) is 12.6 Å². The first-order valence-corrected chi connectivity index (χ1v) is 9.06. The summed E-state index contributed by atoms with van der Waals surface area (Å²) >= 11 is 1.52. The number of benzene rings is 1. The van der Waals surface area contributed by atoms with Crippen LogP contribution >= 0.6 is 36.2 Å². The van der Waals surface area contributed by atoms with Gasteiger partial charge in [0.1, 0.15) is 4.88 Å². The number of hydrogen-bond acceptors (Lipinski definition) is 4. The number of nitrogens with one attached hydrogen (secondary N) is 2. The molecule has 7 heteroatoms. The van der Waals surface area contributed by atoms with Crippen molar-refractivity contribution in [3.05, 3.63) is 51.0 Å². The predicted molar refractivity (Wildman–Crippen MR) is 109 cm³/mol. The lowest BCUT2D eigenvalue weighted by Gasteiger charge is -2.27. The molecule has 138 valence electrons. The highest BCUT2D eigenvalue weighted by molar-refractivity contribution is 7.13. The number of fused-ring (bicyclic) bond motifs is 1. The molecular formula is C18H25Cl2N3OS. The van der Waals surface area contributed by atoms with Crippen molar-refractivity contribution in [3.63, 3.8) is 0 Å². The van der Waals surface area contributed by atoms with E-state index in [2.05, 4.69) is 46.8 Å². The van der Waals surface area contributed by atoms with Crippen LogP contribution in [0.1, 0.15) is 50.9 Å². The summed E-state index contributed by atoms with van der Waals surface area (Å²) in [6.07, 6.45) is 3.04. The molecule has 2 aromatic rings. The fraction of sp³-hybridized carbons (Fsp3) is 0.444. The topological polar surface area (TPSA) is 54.0 Å². The number of halogens is 2. The lowest BCUT2D eigenvalue weighted by molar-refractivity contribution is 0.0952. The monoisotopic (exact) mass is 401 g/mol. The second-order valence-corrected chi connectivity index (χ2v) is 7.02. The number of nitrogens with zero attached hydrogens (tertiary/aromatic N) is 1. The van der Waals surface area contributed by atoms with Gasteiger partial charge in [0.05, 0.1) is 10.7 Å². The normalized spacial score (nSPS) is 15.5. The third-order valence-corrected chi connectivity index (χ3v) is 5.41. The molecule has 2 heterocycles. The van der Waals surface area contributed by atoms with Gasteiger partial charge in [-0.25, -0.2) is 4.98 Å². The van der Waals surface area contributed by atoms with Crippen molar-refractivity contribution < 1.29 is 4.79 Å². The molecular weight excluding hydrogens is 377 g/mol. The van der Waals surface area contributed by atoms with Gasteiger partial charge in [0.15, 0.2) is 0 Å². The average molecular weight is 402 g/mol. The van der Waals surface area contributed by atoms with Crippen molar-refractivity contribution in [1.29, 1.82) is 0 Å². The van der Waals surface area contributed by atoms with Crippen LogP contribution in [-0.4, -0.2) is 24.0 Å². The molecule has 1 aliphatic heterocycles. The maximum absolute atomic E-state index is 12.5. The molecule has 3 rings (SSSR count). The molecule has 1 atom stereocenters. The summed E-state index contributed by atoms with van der Waals surface area (Å²) in [5.41, 5.74) is 3.52. The molecule has 1 aromatic heterocycles. The van der Waals surface area contributed by atoms with E-state index in [1.807, 2.05) is 6.92 Å². The van der Waals surface area contributed by atoms with Crippen LogP contribution < -0.4 is 10.6 Å². The Labute approximate surface area is 165 Å². The van der Waals surface area contributed by atoms with Gasteiger partial charge in [-0.3, -0.25) is 4.79 Å². The van der Waals surface area contributed by atoms with Crippen molar-refractivity contribution in [2.24, 2.45) is 0 Å². The van der Waals surface area contributed by atoms with Gasteiger partial charge in [-0.1, -0.05) is 31.2 Å². The molecule has 0 fully saturated rings. The van der Waals surface area contributed by atoms with Crippen molar-refractivity contribution in [3.8, 4) is 0 Å². The highest BCUT2D eigenvalue weighted by Crippen LogP contribution is 2.23. The quantitative estimate of drug-likeness (QED) is 0.799. The van der Waals surface area contributed by atoms with Gasteiger partial charge in [0.2, 0.25) is 0 Å². The van der Waals surface area contributed by atoms with Gasteiger partial charge in [-0.15, -0.1) is 36.2 Å². The zero-order valence-electron chi connectivity index (χ0n) is 14.5. The first-order chi connectivity index (χ1) is 11.2. The lowest BCUT2D eigenvalue weighted by Crippen LogP contribution is -2.38. The zero-order chi connectivity index (χ0) is 16.2. The smallest absolute Gasteiger partial charge is 0.263 e. The Morgan fingerprint density at radius 2 is 2.12 bits per heavy atom. The fourth-order valence-corrected chi connectivity index (χ4v) is 4.12. The van der Waals surface area contributed by atoms with Gasteiger partial charge in [0.25, 0.3) is 5.91 Å². The maximum Gasteiger partial charge on any atom is 0.263 e. The minimum atomic E-state index is -0.00722. The summed E-state index contributed by atoms with van der Waals surface area (Å²) in [7, 11) is 0. The number of carbonyl (C=O) groups is 1. The molecule has 0 radical (unpaired) electrons. The lowest BCUT2D eigenvalue weighted by atomic mass is 9.94. The van der Waals surface area contributed by atoms with Crippen LogP contribution in [0.5, 0.6) is 0 Å². The molecule has 1 unspecified atom stereocenters. The van der Waals surface area contributed by atoms with E-state index in [4.69, 9.17) is 0 Å². The van der Waals surface area contributed by atoms with E-state index in [9.17, 15) is 4.79 Å². The number of aromatic nitrogens is 1. The Hall–Kier alpha value is -1.14. The molecule has 0 spiro atoms. The first kappa shape index (κ1) is 21.9. The van der Waals surface area contributed by atoms with Crippen LogP contribution in [-0.2, 0) is 12.8 Å². The Bertz CT molecular complexity index is 705.